The fourth-order valence-electron chi connectivity index (χ4n) is 1.44. The van der Waals surface area contributed by atoms with Gasteiger partial charge in [0.1, 0.15) is 13.1 Å². The number of nitrogens with one attached hydrogen (secondary N) is 2. The highest BCUT2D eigenvalue weighted by Crippen LogP contribution is 1.98. The molecule has 0 saturated carbocycles. The maximum absolute atomic E-state index is 11.6. The number of piperazine rings is 1. The zero-order valence-electron chi connectivity index (χ0n) is 9.58. The Hall–Kier alpha value is -1.43. The van der Waals surface area contributed by atoms with Crippen molar-refractivity contribution in [2.24, 2.45) is 0 Å². The van der Waals surface area contributed by atoms with Crippen molar-refractivity contribution >= 4 is 17.7 Å². The van der Waals surface area contributed by atoms with E-state index < -0.39 is 11.8 Å². The average molecular weight is 227 g/mol. The lowest BCUT2D eigenvalue weighted by Crippen LogP contribution is -2.53. The van der Waals surface area contributed by atoms with Gasteiger partial charge in [0.25, 0.3) is 0 Å². The molecule has 1 fully saturated rings. The first kappa shape index (κ1) is 12.6. The van der Waals surface area contributed by atoms with Gasteiger partial charge in [-0.15, -0.1) is 0 Å². The van der Waals surface area contributed by atoms with Crippen LogP contribution in [-0.2, 0) is 14.4 Å². The molecule has 0 atom stereocenters. The van der Waals surface area contributed by atoms with Crippen LogP contribution in [0.15, 0.2) is 0 Å². The molecule has 1 aliphatic heterocycles. The van der Waals surface area contributed by atoms with Crippen molar-refractivity contribution in [2.75, 3.05) is 19.6 Å². The number of imide groups is 1. The summed E-state index contributed by atoms with van der Waals surface area (Å²) in [6, 6.07) is 0.319. The van der Waals surface area contributed by atoms with Crippen LogP contribution in [0.2, 0.25) is 0 Å². The number of rotatable bonds is 4. The molecule has 1 saturated heterocycles. The average Bonchev–Trinajstić information content (AvgIpc) is 2.15. The Balaban J connectivity index is 2.35. The molecule has 90 valence electrons. The smallest absolute Gasteiger partial charge is 0.246 e. The monoisotopic (exact) mass is 227 g/mol. The molecule has 1 heterocycles. The third-order valence-corrected chi connectivity index (χ3v) is 2.19. The summed E-state index contributed by atoms with van der Waals surface area (Å²) in [5, 5.41) is 5.26. The largest absolute Gasteiger partial charge is 0.324 e. The van der Waals surface area contributed by atoms with E-state index in [2.05, 4.69) is 10.6 Å². The van der Waals surface area contributed by atoms with Crippen LogP contribution in [-0.4, -0.2) is 48.3 Å². The lowest BCUT2D eigenvalue weighted by atomic mass is 10.3. The normalized spacial score (nSPS) is 16.6. The zero-order valence-corrected chi connectivity index (χ0v) is 9.58. The van der Waals surface area contributed by atoms with Crippen LogP contribution in [0.3, 0.4) is 0 Å². The molecule has 16 heavy (non-hydrogen) atoms. The minimum atomic E-state index is -0.415. The summed E-state index contributed by atoms with van der Waals surface area (Å²) in [4.78, 5) is 35.0. The summed E-state index contributed by atoms with van der Waals surface area (Å²) in [5.41, 5.74) is 0. The van der Waals surface area contributed by atoms with Crippen LogP contribution in [0.4, 0.5) is 0 Å². The molecule has 0 aromatic heterocycles. The first-order chi connectivity index (χ1) is 7.49. The molecule has 6 nitrogen and oxygen atoms in total. The van der Waals surface area contributed by atoms with Crippen LogP contribution < -0.4 is 10.6 Å². The highest BCUT2D eigenvalue weighted by Gasteiger charge is 2.25. The summed E-state index contributed by atoms with van der Waals surface area (Å²) in [7, 11) is 0. The Morgan fingerprint density at radius 3 is 2.44 bits per heavy atom. The predicted octanol–water partition coefficient (Wildman–Crippen LogP) is -1.14. The summed E-state index contributed by atoms with van der Waals surface area (Å²) < 4.78 is 0. The Kier molecular flexibility index (Phi) is 4.42. The Morgan fingerprint density at radius 2 is 1.94 bits per heavy atom. The van der Waals surface area contributed by atoms with Gasteiger partial charge in [-0.1, -0.05) is 13.8 Å². The van der Waals surface area contributed by atoms with E-state index >= 15 is 0 Å². The molecule has 0 radical (unpaired) electrons. The number of amides is 3. The lowest BCUT2D eigenvalue weighted by Gasteiger charge is -2.25. The van der Waals surface area contributed by atoms with Crippen molar-refractivity contribution in [3.63, 3.8) is 0 Å². The molecule has 0 bridgehead atoms. The Labute approximate surface area is 94.4 Å². The maximum atomic E-state index is 11.6. The van der Waals surface area contributed by atoms with E-state index in [1.165, 1.54) is 4.90 Å². The quantitative estimate of drug-likeness (QED) is 0.595. The third-order valence-electron chi connectivity index (χ3n) is 2.19. The topological polar surface area (TPSA) is 78.5 Å². The van der Waals surface area contributed by atoms with E-state index in [-0.39, 0.29) is 19.0 Å². The second-order valence-corrected chi connectivity index (χ2v) is 4.08. The minimum absolute atomic E-state index is 0.0216. The first-order valence-electron chi connectivity index (χ1n) is 5.33. The molecule has 1 rings (SSSR count). The van der Waals surface area contributed by atoms with Gasteiger partial charge in [-0.2, -0.15) is 0 Å². The predicted molar refractivity (Wildman–Crippen MR) is 57.5 cm³/mol. The molecule has 6 heteroatoms. The van der Waals surface area contributed by atoms with E-state index in [0.29, 0.717) is 19.0 Å². The molecule has 0 aromatic rings. The number of carbonyl (C=O) groups is 3. The maximum Gasteiger partial charge on any atom is 0.246 e. The highest BCUT2D eigenvalue weighted by atomic mass is 16.2. The van der Waals surface area contributed by atoms with E-state index in [4.69, 9.17) is 0 Å². The van der Waals surface area contributed by atoms with Crippen LogP contribution in [0.25, 0.3) is 0 Å². The molecule has 0 aromatic carbocycles. The standard InChI is InChI=1S/C10H17N3O3/c1-7(2)11-4-3-10(16)13-5-8(14)12-9(15)6-13/h7,11H,3-6H2,1-2H3,(H,12,14,15). The minimum Gasteiger partial charge on any atom is -0.324 e. The number of hydrogen-bond acceptors (Lipinski definition) is 4. The van der Waals surface area contributed by atoms with Gasteiger partial charge in [0.15, 0.2) is 0 Å². The molecule has 0 unspecified atom stereocenters. The number of carbonyl (C=O) groups excluding carboxylic acids is 3. The molecule has 0 aliphatic carbocycles. The second-order valence-electron chi connectivity index (χ2n) is 4.08. The van der Waals surface area contributed by atoms with E-state index in [0.717, 1.165) is 0 Å². The lowest BCUT2D eigenvalue weighted by molar-refractivity contribution is -0.145. The van der Waals surface area contributed by atoms with Crippen molar-refractivity contribution in [3.8, 4) is 0 Å². The van der Waals surface area contributed by atoms with E-state index in [9.17, 15) is 14.4 Å². The summed E-state index contributed by atoms with van der Waals surface area (Å²) >= 11 is 0. The number of hydrogen-bond donors (Lipinski definition) is 2. The number of nitrogens with zero attached hydrogens (tertiary/aromatic N) is 1. The second kappa shape index (κ2) is 5.60. The van der Waals surface area contributed by atoms with Crippen LogP contribution >= 0.6 is 0 Å². The fourth-order valence-corrected chi connectivity index (χ4v) is 1.44. The van der Waals surface area contributed by atoms with Gasteiger partial charge in [-0.05, 0) is 0 Å². The van der Waals surface area contributed by atoms with Gasteiger partial charge in [0.2, 0.25) is 17.7 Å². The van der Waals surface area contributed by atoms with Gasteiger partial charge < -0.3 is 10.2 Å². The summed E-state index contributed by atoms with van der Waals surface area (Å²) in [6.45, 7) is 4.49. The summed E-state index contributed by atoms with van der Waals surface area (Å²) in [6.07, 6.45) is 0.304. The molecular weight excluding hydrogens is 210 g/mol. The van der Waals surface area contributed by atoms with Crippen LogP contribution in [0.1, 0.15) is 20.3 Å². The molecule has 3 amide bonds. The summed E-state index contributed by atoms with van der Waals surface area (Å²) in [5.74, 6) is -1.00. The Morgan fingerprint density at radius 1 is 1.38 bits per heavy atom. The van der Waals surface area contributed by atoms with E-state index in [1.54, 1.807) is 0 Å². The van der Waals surface area contributed by atoms with Gasteiger partial charge >= 0.3 is 0 Å². The highest BCUT2D eigenvalue weighted by molar-refractivity contribution is 6.02. The SMILES string of the molecule is CC(C)NCCC(=O)N1CC(=O)NC(=O)C1. The first-order valence-corrected chi connectivity index (χ1v) is 5.33. The van der Waals surface area contributed by atoms with Gasteiger partial charge in [0.05, 0.1) is 0 Å². The molecule has 2 N–H and O–H groups in total. The van der Waals surface area contributed by atoms with Crippen LogP contribution in [0.5, 0.6) is 0 Å². The van der Waals surface area contributed by atoms with Gasteiger partial charge in [-0.3, -0.25) is 19.7 Å². The molecular formula is C10H17N3O3. The van der Waals surface area contributed by atoms with Crippen molar-refractivity contribution < 1.29 is 14.4 Å². The van der Waals surface area contributed by atoms with Gasteiger partial charge in [-0.25, -0.2) is 0 Å². The zero-order chi connectivity index (χ0) is 12.1. The van der Waals surface area contributed by atoms with E-state index in [1.807, 2.05) is 13.8 Å². The fraction of sp³-hybridized carbons (Fsp3) is 0.700. The third kappa shape index (κ3) is 3.98. The molecule has 0 spiro atoms. The van der Waals surface area contributed by atoms with Crippen molar-refractivity contribution in [2.45, 2.75) is 26.3 Å². The van der Waals surface area contributed by atoms with Gasteiger partial charge in [0, 0.05) is 19.0 Å². The van der Waals surface area contributed by atoms with Crippen molar-refractivity contribution in [1.29, 1.82) is 0 Å². The van der Waals surface area contributed by atoms with Crippen molar-refractivity contribution in [3.05, 3.63) is 0 Å². The van der Waals surface area contributed by atoms with Crippen LogP contribution in [0, 0.1) is 0 Å². The molecule has 1 aliphatic rings. The van der Waals surface area contributed by atoms with Crippen molar-refractivity contribution in [1.82, 2.24) is 15.5 Å². The Bertz CT molecular complexity index is 286.